The molecule has 0 atom stereocenters. The van der Waals surface area contributed by atoms with Crippen molar-refractivity contribution in [3.05, 3.63) is 59.4 Å². The molecule has 1 heterocycles. The molecule has 10 heteroatoms. The third kappa shape index (κ3) is 4.43. The molecule has 0 radical (unpaired) electrons. The number of amides is 1. The van der Waals surface area contributed by atoms with Crippen LogP contribution in [0.5, 0.6) is 17.2 Å². The van der Waals surface area contributed by atoms with E-state index in [0.29, 0.717) is 11.1 Å². The van der Waals surface area contributed by atoms with E-state index in [4.69, 9.17) is 9.84 Å². The number of carbonyl (C=O) groups excluding carboxylic acids is 1. The second kappa shape index (κ2) is 7.90. The summed E-state index contributed by atoms with van der Waals surface area (Å²) in [5.74, 6) is -2.05. The van der Waals surface area contributed by atoms with Crippen molar-refractivity contribution in [2.24, 2.45) is 0 Å². The first kappa shape index (κ1) is 20.9. The number of ether oxygens (including phenoxy) is 1. The number of halogens is 3. The second-order valence-electron chi connectivity index (χ2n) is 6.30. The summed E-state index contributed by atoms with van der Waals surface area (Å²) in [7, 11) is 0. The highest BCUT2D eigenvalue weighted by molar-refractivity contribution is 6.03. The molecule has 0 aliphatic rings. The van der Waals surface area contributed by atoms with E-state index in [2.05, 4.69) is 10.3 Å². The fourth-order valence-electron chi connectivity index (χ4n) is 2.75. The normalized spacial score (nSPS) is 11.3. The summed E-state index contributed by atoms with van der Waals surface area (Å²) in [5, 5.41) is 21.9. The summed E-state index contributed by atoms with van der Waals surface area (Å²) in [6.45, 7) is 0.953. The lowest BCUT2D eigenvalue weighted by molar-refractivity contribution is -0.138. The predicted octanol–water partition coefficient (Wildman–Crippen LogP) is 3.87. The molecule has 0 saturated heterocycles. The molecule has 0 bridgehead atoms. The molecule has 0 spiro atoms. The number of aryl methyl sites for hydroxylation is 1. The Bertz CT molecular complexity index is 1130. The van der Waals surface area contributed by atoms with E-state index >= 15 is 0 Å². The molecule has 0 fully saturated rings. The molecule has 7 nitrogen and oxygen atoms in total. The van der Waals surface area contributed by atoms with Crippen LogP contribution in [0.2, 0.25) is 0 Å². The molecule has 156 valence electrons. The van der Waals surface area contributed by atoms with Crippen LogP contribution in [-0.4, -0.2) is 33.6 Å². The van der Waals surface area contributed by atoms with Crippen LogP contribution in [0.25, 0.3) is 10.8 Å². The van der Waals surface area contributed by atoms with Crippen molar-refractivity contribution in [2.45, 2.75) is 13.1 Å². The number of aromatic nitrogens is 1. The second-order valence-corrected chi connectivity index (χ2v) is 6.30. The molecule has 0 saturated carbocycles. The first-order chi connectivity index (χ1) is 14.1. The average molecular weight is 420 g/mol. The molecule has 0 unspecified atom stereocenters. The predicted molar refractivity (Wildman–Crippen MR) is 99.6 cm³/mol. The highest BCUT2D eigenvalue weighted by atomic mass is 19.4. The van der Waals surface area contributed by atoms with Gasteiger partial charge >= 0.3 is 12.1 Å². The lowest BCUT2D eigenvalue weighted by Gasteiger charge is -2.12. The first-order valence-corrected chi connectivity index (χ1v) is 8.54. The van der Waals surface area contributed by atoms with Gasteiger partial charge in [-0.25, -0.2) is 4.98 Å². The summed E-state index contributed by atoms with van der Waals surface area (Å²) < 4.78 is 43.5. The Labute approximate surface area is 167 Å². The van der Waals surface area contributed by atoms with Gasteiger partial charge in [-0.2, -0.15) is 13.2 Å². The number of alkyl halides is 3. The van der Waals surface area contributed by atoms with E-state index < -0.39 is 35.9 Å². The molecule has 3 rings (SSSR count). The third-order valence-corrected chi connectivity index (χ3v) is 4.17. The number of rotatable bonds is 5. The molecule has 1 aromatic heterocycles. The van der Waals surface area contributed by atoms with Gasteiger partial charge in [-0.3, -0.25) is 9.59 Å². The molecule has 30 heavy (non-hydrogen) atoms. The van der Waals surface area contributed by atoms with E-state index in [-0.39, 0.29) is 22.6 Å². The van der Waals surface area contributed by atoms with Crippen molar-refractivity contribution in [2.75, 3.05) is 6.54 Å². The summed E-state index contributed by atoms with van der Waals surface area (Å²) in [6, 6.07) is 8.63. The van der Waals surface area contributed by atoms with Gasteiger partial charge in [0.25, 0.3) is 5.91 Å². The van der Waals surface area contributed by atoms with Crippen molar-refractivity contribution in [3.8, 4) is 17.2 Å². The van der Waals surface area contributed by atoms with Crippen molar-refractivity contribution in [1.82, 2.24) is 10.3 Å². The van der Waals surface area contributed by atoms with Crippen molar-refractivity contribution >= 4 is 22.6 Å². The Morgan fingerprint density at radius 1 is 1.07 bits per heavy atom. The lowest BCUT2D eigenvalue weighted by atomic mass is 10.1. The van der Waals surface area contributed by atoms with Crippen LogP contribution in [0, 0.1) is 6.92 Å². The Hall–Kier alpha value is -3.82. The average Bonchev–Trinajstić information content (AvgIpc) is 2.68. The number of benzene rings is 2. The molecular formula is C20H15F3N2O5. The van der Waals surface area contributed by atoms with Gasteiger partial charge in [-0.1, -0.05) is 0 Å². The van der Waals surface area contributed by atoms with Crippen molar-refractivity contribution in [3.63, 3.8) is 0 Å². The van der Waals surface area contributed by atoms with Crippen LogP contribution < -0.4 is 10.1 Å². The van der Waals surface area contributed by atoms with Gasteiger partial charge in [0.15, 0.2) is 11.4 Å². The van der Waals surface area contributed by atoms with E-state index in [1.807, 2.05) is 0 Å². The maximum atomic E-state index is 12.7. The summed E-state index contributed by atoms with van der Waals surface area (Å²) in [5.41, 5.74) is -0.758. The topological polar surface area (TPSA) is 109 Å². The quantitative estimate of drug-likeness (QED) is 0.578. The highest BCUT2D eigenvalue weighted by Gasteiger charge is 2.30. The Kier molecular flexibility index (Phi) is 5.50. The number of hydrogen-bond acceptors (Lipinski definition) is 5. The van der Waals surface area contributed by atoms with Gasteiger partial charge in [0.2, 0.25) is 0 Å². The zero-order valence-corrected chi connectivity index (χ0v) is 15.4. The van der Waals surface area contributed by atoms with E-state index in [1.165, 1.54) is 30.3 Å². The summed E-state index contributed by atoms with van der Waals surface area (Å²) in [6.07, 6.45) is -4.45. The number of carboxylic acid groups (broad SMARTS) is 1. The number of hydrogen-bond donors (Lipinski definition) is 3. The van der Waals surface area contributed by atoms with Gasteiger partial charge in [-0.15, -0.1) is 0 Å². The fraction of sp³-hybridized carbons (Fsp3) is 0.150. The number of aliphatic carboxylic acids is 1. The number of nitrogens with zero attached hydrogens (tertiary/aromatic N) is 1. The number of aromatic hydroxyl groups is 1. The largest absolute Gasteiger partial charge is 0.505 e. The highest BCUT2D eigenvalue weighted by Crippen LogP contribution is 2.35. The SMILES string of the molecule is Cc1nc(C(=O)NCC(=O)O)c(O)c2ccc(Oc3ccc(C(F)(F)F)cc3)cc12. The maximum Gasteiger partial charge on any atom is 0.416 e. The van der Waals surface area contributed by atoms with Crippen LogP contribution >= 0.6 is 0 Å². The molecule has 0 aliphatic heterocycles. The standard InChI is InChI=1S/C20H15F3N2O5/c1-10-15-8-13(30-12-4-2-11(3-5-12)20(21,22)23)6-7-14(15)18(28)17(25-10)19(29)24-9-16(26)27/h2-8,28H,9H2,1H3,(H,24,29)(H,26,27). The first-order valence-electron chi connectivity index (χ1n) is 8.54. The minimum atomic E-state index is -4.45. The Morgan fingerprint density at radius 3 is 2.30 bits per heavy atom. The number of carboxylic acids is 1. The van der Waals surface area contributed by atoms with Gasteiger partial charge in [0.1, 0.15) is 18.0 Å². The van der Waals surface area contributed by atoms with Crippen LogP contribution in [0.4, 0.5) is 13.2 Å². The summed E-state index contributed by atoms with van der Waals surface area (Å²) >= 11 is 0. The number of nitrogens with one attached hydrogen (secondary N) is 1. The minimum absolute atomic E-state index is 0.182. The zero-order chi connectivity index (χ0) is 22.1. The van der Waals surface area contributed by atoms with Gasteiger partial charge in [0, 0.05) is 16.5 Å². The smallest absolute Gasteiger partial charge is 0.416 e. The van der Waals surface area contributed by atoms with Crippen molar-refractivity contribution in [1.29, 1.82) is 0 Å². The molecule has 0 aliphatic carbocycles. The number of pyridine rings is 1. The molecule has 3 aromatic rings. The Morgan fingerprint density at radius 2 is 1.70 bits per heavy atom. The van der Waals surface area contributed by atoms with E-state index in [9.17, 15) is 27.9 Å². The summed E-state index contributed by atoms with van der Waals surface area (Å²) in [4.78, 5) is 26.7. The van der Waals surface area contributed by atoms with Crippen LogP contribution in [0.15, 0.2) is 42.5 Å². The lowest BCUT2D eigenvalue weighted by Crippen LogP contribution is -2.30. The van der Waals surface area contributed by atoms with Crippen molar-refractivity contribution < 1.29 is 37.7 Å². The molecule has 1 amide bonds. The third-order valence-electron chi connectivity index (χ3n) is 4.17. The number of fused-ring (bicyclic) bond motifs is 1. The van der Waals surface area contributed by atoms with Gasteiger partial charge in [0.05, 0.1) is 5.56 Å². The zero-order valence-electron chi connectivity index (χ0n) is 15.4. The van der Waals surface area contributed by atoms with Crippen LogP contribution in [-0.2, 0) is 11.0 Å². The van der Waals surface area contributed by atoms with Gasteiger partial charge in [-0.05, 0) is 49.4 Å². The molecule has 3 N–H and O–H groups in total. The van der Waals surface area contributed by atoms with Crippen LogP contribution in [0.1, 0.15) is 21.7 Å². The fourth-order valence-corrected chi connectivity index (χ4v) is 2.75. The maximum absolute atomic E-state index is 12.7. The molecule has 2 aromatic carbocycles. The number of carbonyl (C=O) groups is 2. The van der Waals surface area contributed by atoms with E-state index in [0.717, 1.165) is 12.1 Å². The Balaban J connectivity index is 1.89. The van der Waals surface area contributed by atoms with Gasteiger partial charge < -0.3 is 20.3 Å². The molecular weight excluding hydrogens is 405 g/mol. The van der Waals surface area contributed by atoms with Crippen LogP contribution in [0.3, 0.4) is 0 Å². The monoisotopic (exact) mass is 420 g/mol. The van der Waals surface area contributed by atoms with E-state index in [1.54, 1.807) is 6.92 Å². The minimum Gasteiger partial charge on any atom is -0.505 e.